The van der Waals surface area contributed by atoms with Crippen molar-refractivity contribution in [3.8, 4) is 0 Å². The van der Waals surface area contributed by atoms with E-state index in [1.165, 1.54) is 0 Å². The third-order valence-corrected chi connectivity index (χ3v) is 11.0. The van der Waals surface area contributed by atoms with Gasteiger partial charge in [0.2, 0.25) is 11.8 Å². The number of carbonyl (C=O) groups excluding carboxylic acids is 2. The van der Waals surface area contributed by atoms with Gasteiger partial charge in [-0.2, -0.15) is 0 Å². The Morgan fingerprint density at radius 2 is 1.59 bits per heavy atom. The van der Waals surface area contributed by atoms with E-state index in [-0.39, 0.29) is 59.1 Å². The van der Waals surface area contributed by atoms with Crippen molar-refractivity contribution in [2.24, 2.45) is 7.05 Å². The van der Waals surface area contributed by atoms with E-state index in [4.69, 9.17) is 15.0 Å². The van der Waals surface area contributed by atoms with Gasteiger partial charge in [-0.1, -0.05) is 44.2 Å². The molecule has 2 amide bonds. The molecule has 56 heavy (non-hydrogen) atoms. The molecule has 13 heteroatoms. The Hall–Kier alpha value is -4.55. The molecule has 2 atom stereocenters. The normalized spacial score (nSPS) is 15.3. The maximum atomic E-state index is 13.9. The van der Waals surface area contributed by atoms with Crippen LogP contribution in [0.5, 0.6) is 0 Å². The zero-order valence-electron chi connectivity index (χ0n) is 34.5. The number of aryl methyl sites for hydroxylation is 3. The molecule has 3 aromatic rings. The van der Waals surface area contributed by atoms with Crippen molar-refractivity contribution in [2.75, 3.05) is 54.4 Å². The summed E-state index contributed by atoms with van der Waals surface area (Å²) in [5.41, 5.74) is 10.7. The van der Waals surface area contributed by atoms with Gasteiger partial charge < -0.3 is 35.1 Å². The van der Waals surface area contributed by atoms with Gasteiger partial charge in [0.25, 0.3) is 0 Å². The van der Waals surface area contributed by atoms with Crippen molar-refractivity contribution in [2.45, 2.75) is 72.1 Å². The molecule has 2 aliphatic rings. The standard InChI is InChI=1S/C43H58N8O4.Cu/c1-12-28-24(3)32-21-34-26(5)30(14-15-38(52)44-16-18-49(7)8)41(48-34)31(20-39(53)45-17-19-50(9)10)42-40(43(54)55)27(6)37(51(42)11)23-36-29(13-2)25(4)33(47-36)22-35(28)46-32;/h12,21-23,26,30H,1,13-20H2,2-11H3,(H4,44,45,46,47,48,52,53,54,55);/q;+1/p-1. The van der Waals surface area contributed by atoms with Crippen molar-refractivity contribution in [1.29, 1.82) is 0 Å². The predicted octanol–water partition coefficient (Wildman–Crippen LogP) is 5.82. The molecule has 0 saturated heterocycles. The van der Waals surface area contributed by atoms with Crippen LogP contribution in [0.4, 0.5) is 0 Å². The fourth-order valence-electron chi connectivity index (χ4n) is 7.85. The molecule has 12 nitrogen and oxygen atoms in total. The maximum absolute atomic E-state index is 13.9. The number of nitrogens with one attached hydrogen (secondary N) is 2. The van der Waals surface area contributed by atoms with Crippen LogP contribution in [0.25, 0.3) is 39.3 Å². The minimum Gasteiger partial charge on any atom is -0.657 e. The molecular formula is C43H57CuN8O4. The van der Waals surface area contributed by atoms with Crippen LogP contribution in [0.3, 0.4) is 0 Å². The van der Waals surface area contributed by atoms with Crippen LogP contribution >= 0.6 is 0 Å². The van der Waals surface area contributed by atoms with E-state index in [0.717, 1.165) is 63.4 Å². The van der Waals surface area contributed by atoms with Gasteiger partial charge in [0, 0.05) is 68.3 Å². The summed E-state index contributed by atoms with van der Waals surface area (Å²) in [7, 11) is 9.64. The first-order valence-electron chi connectivity index (χ1n) is 19.1. The summed E-state index contributed by atoms with van der Waals surface area (Å²) in [6.07, 6.45) is 3.14. The number of nitrogens with zero attached hydrogens (tertiary/aromatic N) is 6. The van der Waals surface area contributed by atoms with Gasteiger partial charge >= 0.3 is 23.0 Å². The number of hydrogen-bond acceptors (Lipinski definition) is 7. The van der Waals surface area contributed by atoms with Gasteiger partial charge in [0.1, 0.15) is 0 Å². The fraction of sp³-hybridized carbons (Fsp3) is 0.465. The van der Waals surface area contributed by atoms with Crippen molar-refractivity contribution in [1.82, 2.24) is 40.0 Å². The molecule has 0 aromatic carbocycles. The van der Waals surface area contributed by atoms with E-state index < -0.39 is 5.97 Å². The van der Waals surface area contributed by atoms with E-state index in [0.29, 0.717) is 53.9 Å². The number of amides is 2. The van der Waals surface area contributed by atoms with E-state index in [9.17, 15) is 19.5 Å². The Labute approximate surface area is 341 Å². The number of rotatable bonds is 14. The first kappa shape index (κ1) is 44.2. The van der Waals surface area contributed by atoms with Crippen LogP contribution < -0.4 is 15.6 Å². The van der Waals surface area contributed by atoms with Gasteiger partial charge in [-0.3, -0.25) is 14.6 Å². The molecule has 2 aliphatic heterocycles. The number of allylic oxidation sites excluding steroid dienone is 2. The second kappa shape index (κ2) is 18.6. The van der Waals surface area contributed by atoms with Crippen LogP contribution in [-0.4, -0.2) is 102 Å². The SMILES string of the molecule is C=Cc1c(C)c2cc3nc(c(CC(=O)NCCN(C)C)c4c(C(=O)O)c(C)c(cc5nc(cc1[n-]2)C(C)=C5CC)n4C)C(CCC(=O)NCCN(C)C)C3C.[Cu+]. The van der Waals surface area contributed by atoms with E-state index >= 15 is 0 Å². The number of likely N-dealkylation sites (N-methyl/N-ethyl adjacent to an activating group) is 2. The van der Waals surface area contributed by atoms with Gasteiger partial charge in [0.05, 0.1) is 34.6 Å². The molecular weight excluding hydrogens is 756 g/mol. The average molecular weight is 814 g/mol. The predicted molar refractivity (Wildman–Crippen MR) is 221 cm³/mol. The number of aromatic carboxylic acids is 1. The smallest absolute Gasteiger partial charge is 0.657 e. The summed E-state index contributed by atoms with van der Waals surface area (Å²) in [4.78, 5) is 59.8. The van der Waals surface area contributed by atoms with Crippen LogP contribution in [0, 0.1) is 13.8 Å². The summed E-state index contributed by atoms with van der Waals surface area (Å²) in [6, 6.07) is 5.95. The quantitative estimate of drug-likeness (QED) is 0.172. The summed E-state index contributed by atoms with van der Waals surface area (Å²) in [5, 5.41) is 16.9. The maximum Gasteiger partial charge on any atom is 1.00 e. The van der Waals surface area contributed by atoms with Crippen LogP contribution in [-0.2, 0) is 40.1 Å². The monoisotopic (exact) mass is 812 g/mol. The third kappa shape index (κ3) is 9.18. The average Bonchev–Trinajstić information content (AvgIpc) is 3.77. The van der Waals surface area contributed by atoms with Crippen molar-refractivity contribution >= 4 is 57.1 Å². The summed E-state index contributed by atoms with van der Waals surface area (Å²) in [5.74, 6) is -1.86. The number of hydrogen-bond donors (Lipinski definition) is 3. The van der Waals surface area contributed by atoms with Crippen molar-refractivity contribution in [3.63, 3.8) is 0 Å². The molecule has 8 bridgehead atoms. The minimum atomic E-state index is -1.09. The zero-order valence-corrected chi connectivity index (χ0v) is 35.4. The Kier molecular flexibility index (Phi) is 14.7. The fourth-order valence-corrected chi connectivity index (χ4v) is 7.85. The largest absolute Gasteiger partial charge is 1.00 e. The Morgan fingerprint density at radius 3 is 2.18 bits per heavy atom. The van der Waals surface area contributed by atoms with E-state index in [1.807, 2.05) is 87.7 Å². The number of aromatic nitrogens is 4. The summed E-state index contributed by atoms with van der Waals surface area (Å²) < 4.78 is 1.88. The molecule has 0 saturated carbocycles. The van der Waals surface area contributed by atoms with Crippen LogP contribution in [0.2, 0.25) is 0 Å². The van der Waals surface area contributed by atoms with Gasteiger partial charge in [0.15, 0.2) is 0 Å². The first-order chi connectivity index (χ1) is 26.1. The van der Waals surface area contributed by atoms with Crippen LogP contribution in [0.15, 0.2) is 24.8 Å². The number of carbonyl (C=O) groups is 3. The zero-order chi connectivity index (χ0) is 40.3. The molecule has 3 N–H and O–H groups in total. The number of carboxylic acid groups (broad SMARTS) is 1. The van der Waals surface area contributed by atoms with Crippen LogP contribution in [0.1, 0.15) is 107 Å². The Balaban J connectivity index is 0.00000696. The third-order valence-electron chi connectivity index (χ3n) is 11.0. The molecule has 2 unspecified atom stereocenters. The number of carboxylic acids is 1. The molecule has 0 fully saturated rings. The molecule has 3 aromatic heterocycles. The van der Waals surface area contributed by atoms with Gasteiger partial charge in [-0.15, -0.1) is 11.0 Å². The second-order valence-electron chi connectivity index (χ2n) is 15.3. The van der Waals surface area contributed by atoms with Gasteiger partial charge in [-0.25, -0.2) is 9.78 Å². The Morgan fingerprint density at radius 1 is 0.946 bits per heavy atom. The van der Waals surface area contributed by atoms with E-state index in [2.05, 4.69) is 38.0 Å². The van der Waals surface area contributed by atoms with E-state index in [1.54, 1.807) is 0 Å². The second-order valence-corrected chi connectivity index (χ2v) is 15.3. The molecule has 5 rings (SSSR count). The first-order valence-corrected chi connectivity index (χ1v) is 19.1. The summed E-state index contributed by atoms with van der Waals surface area (Å²) in [6.45, 7) is 16.5. The van der Waals surface area contributed by atoms with Gasteiger partial charge in [-0.05, 0) is 90.1 Å². The Bertz CT molecular complexity index is 2210. The number of fused-ring (bicyclic) bond motifs is 8. The topological polar surface area (TPSA) is 147 Å². The molecule has 0 radical (unpaired) electrons. The molecule has 5 heterocycles. The van der Waals surface area contributed by atoms with Crippen molar-refractivity contribution < 1.29 is 36.6 Å². The summed E-state index contributed by atoms with van der Waals surface area (Å²) >= 11 is 0. The molecule has 0 spiro atoms. The van der Waals surface area contributed by atoms with Crippen molar-refractivity contribution in [3.05, 3.63) is 75.4 Å². The minimum absolute atomic E-state index is 0. The molecule has 0 aliphatic carbocycles. The molecule has 304 valence electrons.